The zero-order valence-electron chi connectivity index (χ0n) is 16.7. The first-order valence-electron chi connectivity index (χ1n) is 9.77. The number of hydrogen-bond donors (Lipinski definition) is 2. The largest absolute Gasteiger partial charge is 0.401 e. The van der Waals surface area contributed by atoms with Gasteiger partial charge in [0.1, 0.15) is 6.54 Å². The third kappa shape index (κ3) is 9.62. The smallest absolute Gasteiger partial charge is 0.356 e. The maximum Gasteiger partial charge on any atom is 0.401 e. The maximum atomic E-state index is 12.6. The van der Waals surface area contributed by atoms with Crippen LogP contribution in [0.4, 0.5) is 13.2 Å². The predicted octanol–water partition coefficient (Wildman–Crippen LogP) is 2.44. The Labute approximate surface area is 182 Å². The first kappa shape index (κ1) is 25.3. The van der Waals surface area contributed by atoms with Gasteiger partial charge in [0.05, 0.1) is 6.54 Å². The van der Waals surface area contributed by atoms with Gasteiger partial charge in [-0.25, -0.2) is 4.99 Å². The quantitative estimate of drug-likeness (QED) is 0.322. The van der Waals surface area contributed by atoms with Gasteiger partial charge in [0.15, 0.2) is 5.96 Å². The second-order valence-corrected chi connectivity index (χ2v) is 7.82. The number of carbonyl (C=O) groups excluding carboxylic acids is 1. The van der Waals surface area contributed by atoms with Crippen LogP contribution in [0.15, 0.2) is 4.99 Å². The minimum atomic E-state index is -4.18. The van der Waals surface area contributed by atoms with Gasteiger partial charge >= 0.3 is 6.18 Å². The number of likely N-dealkylation sites (tertiary alicyclic amines) is 1. The second kappa shape index (κ2) is 12.0. The van der Waals surface area contributed by atoms with E-state index in [0.717, 1.165) is 6.54 Å². The van der Waals surface area contributed by atoms with Gasteiger partial charge in [-0.1, -0.05) is 19.3 Å². The molecule has 1 atom stereocenters. The molecule has 2 aliphatic rings. The molecule has 0 aromatic heterocycles. The summed E-state index contributed by atoms with van der Waals surface area (Å²) >= 11 is 0. The Hall–Kier alpha value is -0.780. The highest BCUT2D eigenvalue weighted by atomic mass is 127. The third-order valence-corrected chi connectivity index (χ3v) is 5.17. The van der Waals surface area contributed by atoms with Crippen LogP contribution in [0.1, 0.15) is 38.5 Å². The van der Waals surface area contributed by atoms with Gasteiger partial charge in [-0.3, -0.25) is 9.69 Å². The summed E-state index contributed by atoms with van der Waals surface area (Å²) < 4.78 is 37.7. The lowest BCUT2D eigenvalue weighted by Gasteiger charge is -2.24. The number of carbonyl (C=O) groups is 1. The summed E-state index contributed by atoms with van der Waals surface area (Å²) in [5.74, 6) is 0.995. The molecule has 0 aromatic carbocycles. The van der Waals surface area contributed by atoms with Crippen LogP contribution in [-0.4, -0.2) is 80.7 Å². The standard InChI is InChI=1S/C18H32F3N5O.HI/c1-25(2)16(27)11-23-17(22-10-14-6-4-3-5-7-14)24-15-8-9-26(12-15)13-18(19,20)21;/h14-15H,3-13H2,1-2H3,(H2,22,23,24);1H. The molecule has 2 fully saturated rings. The summed E-state index contributed by atoms with van der Waals surface area (Å²) in [5, 5.41) is 6.53. The molecule has 1 aliphatic carbocycles. The monoisotopic (exact) mass is 519 g/mol. The summed E-state index contributed by atoms with van der Waals surface area (Å²) in [6, 6.07) is -0.0978. The van der Waals surface area contributed by atoms with Crippen LogP contribution in [0, 0.1) is 5.92 Å². The first-order valence-corrected chi connectivity index (χ1v) is 9.77. The number of nitrogens with one attached hydrogen (secondary N) is 2. The van der Waals surface area contributed by atoms with Gasteiger partial charge in [0, 0.05) is 39.8 Å². The van der Waals surface area contributed by atoms with Crippen LogP contribution in [-0.2, 0) is 4.79 Å². The van der Waals surface area contributed by atoms with Crippen LogP contribution >= 0.6 is 24.0 Å². The van der Waals surface area contributed by atoms with E-state index in [1.165, 1.54) is 41.9 Å². The van der Waals surface area contributed by atoms with Crippen molar-refractivity contribution in [3.05, 3.63) is 0 Å². The molecule has 10 heteroatoms. The van der Waals surface area contributed by atoms with Crippen LogP contribution in [0.25, 0.3) is 0 Å². The molecule has 0 radical (unpaired) electrons. The van der Waals surface area contributed by atoms with Crippen molar-refractivity contribution < 1.29 is 18.0 Å². The number of alkyl halides is 3. The van der Waals surface area contributed by atoms with E-state index in [2.05, 4.69) is 15.6 Å². The normalized spacial score (nSPS) is 21.9. The fourth-order valence-electron chi connectivity index (χ4n) is 3.61. The van der Waals surface area contributed by atoms with Crippen molar-refractivity contribution in [1.29, 1.82) is 0 Å². The number of guanidine groups is 1. The van der Waals surface area contributed by atoms with Gasteiger partial charge in [0.2, 0.25) is 5.91 Å². The van der Waals surface area contributed by atoms with Crippen molar-refractivity contribution in [2.24, 2.45) is 10.9 Å². The van der Waals surface area contributed by atoms with E-state index in [1.807, 2.05) is 0 Å². The van der Waals surface area contributed by atoms with Gasteiger partial charge in [0.25, 0.3) is 0 Å². The zero-order valence-corrected chi connectivity index (χ0v) is 19.1. The Morgan fingerprint density at radius 2 is 1.86 bits per heavy atom. The van der Waals surface area contributed by atoms with Crippen molar-refractivity contribution >= 4 is 35.8 Å². The zero-order chi connectivity index (χ0) is 19.9. The third-order valence-electron chi connectivity index (χ3n) is 5.17. The molecule has 6 nitrogen and oxygen atoms in total. The highest BCUT2D eigenvalue weighted by Crippen LogP contribution is 2.23. The number of nitrogens with zero attached hydrogens (tertiary/aromatic N) is 3. The van der Waals surface area contributed by atoms with Gasteiger partial charge in [-0.2, -0.15) is 13.2 Å². The van der Waals surface area contributed by atoms with Crippen molar-refractivity contribution in [1.82, 2.24) is 20.4 Å². The van der Waals surface area contributed by atoms with Crippen LogP contribution < -0.4 is 10.6 Å². The number of aliphatic imine (C=N–C) groups is 1. The van der Waals surface area contributed by atoms with E-state index in [9.17, 15) is 18.0 Å². The molecule has 2 rings (SSSR count). The Kier molecular flexibility index (Phi) is 10.9. The fraction of sp³-hybridized carbons (Fsp3) is 0.889. The number of amides is 1. The van der Waals surface area contributed by atoms with Crippen molar-refractivity contribution in [2.45, 2.75) is 50.7 Å². The highest BCUT2D eigenvalue weighted by molar-refractivity contribution is 14.0. The van der Waals surface area contributed by atoms with E-state index < -0.39 is 12.7 Å². The first-order chi connectivity index (χ1) is 12.7. The van der Waals surface area contributed by atoms with Gasteiger partial charge < -0.3 is 15.5 Å². The molecule has 1 saturated heterocycles. The average Bonchev–Trinajstić information content (AvgIpc) is 3.02. The molecule has 28 heavy (non-hydrogen) atoms. The topological polar surface area (TPSA) is 60.0 Å². The van der Waals surface area contributed by atoms with Crippen LogP contribution in [0.5, 0.6) is 0 Å². The van der Waals surface area contributed by atoms with E-state index in [-0.39, 0.29) is 42.5 Å². The lowest BCUT2D eigenvalue weighted by molar-refractivity contribution is -0.143. The predicted molar refractivity (Wildman–Crippen MR) is 115 cm³/mol. The molecule has 164 valence electrons. The van der Waals surface area contributed by atoms with Crippen molar-refractivity contribution in [3.63, 3.8) is 0 Å². The maximum absolute atomic E-state index is 12.6. The summed E-state index contributed by atoms with van der Waals surface area (Å²) in [5.41, 5.74) is 0. The second-order valence-electron chi connectivity index (χ2n) is 7.82. The lowest BCUT2D eigenvalue weighted by Crippen LogP contribution is -2.47. The molecular formula is C18H33F3IN5O. The van der Waals surface area contributed by atoms with E-state index in [0.29, 0.717) is 31.4 Å². The molecule has 1 heterocycles. The summed E-state index contributed by atoms with van der Waals surface area (Å²) in [7, 11) is 3.35. The van der Waals surface area contributed by atoms with Crippen LogP contribution in [0.3, 0.4) is 0 Å². The molecule has 1 aliphatic heterocycles. The Morgan fingerprint density at radius 1 is 1.18 bits per heavy atom. The number of rotatable bonds is 6. The van der Waals surface area contributed by atoms with E-state index in [4.69, 9.17) is 0 Å². The number of hydrogen-bond acceptors (Lipinski definition) is 3. The van der Waals surface area contributed by atoms with Gasteiger partial charge in [-0.15, -0.1) is 24.0 Å². The lowest BCUT2D eigenvalue weighted by atomic mass is 9.89. The van der Waals surface area contributed by atoms with Gasteiger partial charge in [-0.05, 0) is 25.2 Å². The van der Waals surface area contributed by atoms with E-state index in [1.54, 1.807) is 14.1 Å². The Balaban J connectivity index is 0.00000392. The Bertz CT molecular complexity index is 510. The molecule has 0 aromatic rings. The minimum Gasteiger partial charge on any atom is -0.356 e. The molecule has 1 amide bonds. The van der Waals surface area contributed by atoms with Crippen LogP contribution in [0.2, 0.25) is 0 Å². The SMILES string of the molecule is CN(C)C(=O)CN=C(NCC1CCCCC1)NC1CCN(CC(F)(F)F)C1.I. The molecule has 1 unspecified atom stereocenters. The summed E-state index contributed by atoms with van der Waals surface area (Å²) in [4.78, 5) is 19.1. The number of halogens is 4. The van der Waals surface area contributed by atoms with Crippen molar-refractivity contribution in [3.8, 4) is 0 Å². The highest BCUT2D eigenvalue weighted by Gasteiger charge is 2.34. The summed E-state index contributed by atoms with van der Waals surface area (Å²) in [6.45, 7) is 0.647. The molecule has 2 N–H and O–H groups in total. The number of likely N-dealkylation sites (N-methyl/N-ethyl adjacent to an activating group) is 1. The van der Waals surface area contributed by atoms with Crippen molar-refractivity contribution in [2.75, 3.05) is 46.8 Å². The van der Waals surface area contributed by atoms with E-state index >= 15 is 0 Å². The Morgan fingerprint density at radius 3 is 2.46 bits per heavy atom. The molecular weight excluding hydrogens is 486 g/mol. The minimum absolute atomic E-state index is 0. The molecule has 1 saturated carbocycles. The molecule has 0 bridgehead atoms. The fourth-order valence-corrected chi connectivity index (χ4v) is 3.61. The average molecular weight is 519 g/mol. The summed E-state index contributed by atoms with van der Waals surface area (Å²) in [6.07, 6.45) is 2.56. The molecule has 0 spiro atoms.